The smallest absolute Gasteiger partial charge is 0.253 e. The molecule has 1 unspecified atom stereocenters. The first-order valence-corrected chi connectivity index (χ1v) is 7.16. The summed E-state index contributed by atoms with van der Waals surface area (Å²) < 4.78 is 0. The second kappa shape index (κ2) is 5.74. The average molecular weight is 260 g/mol. The van der Waals surface area contributed by atoms with Gasteiger partial charge in [0.25, 0.3) is 5.91 Å². The van der Waals surface area contributed by atoms with E-state index in [4.69, 9.17) is 5.73 Å². The first-order valence-electron chi connectivity index (χ1n) is 7.16. The Morgan fingerprint density at radius 3 is 2.58 bits per heavy atom. The molecule has 1 aliphatic heterocycles. The Hall–Kier alpha value is -1.35. The van der Waals surface area contributed by atoms with Crippen molar-refractivity contribution in [2.75, 3.05) is 19.6 Å². The molecular formula is C16H24N2O. The van der Waals surface area contributed by atoms with E-state index in [9.17, 15) is 4.79 Å². The van der Waals surface area contributed by atoms with Crippen molar-refractivity contribution in [1.29, 1.82) is 0 Å². The average Bonchev–Trinajstić information content (AvgIpc) is 2.83. The maximum absolute atomic E-state index is 12.4. The van der Waals surface area contributed by atoms with Crippen LogP contribution in [-0.2, 0) is 6.42 Å². The second-order valence-corrected chi connectivity index (χ2v) is 5.94. The van der Waals surface area contributed by atoms with E-state index < -0.39 is 0 Å². The summed E-state index contributed by atoms with van der Waals surface area (Å²) in [7, 11) is 0. The van der Waals surface area contributed by atoms with Gasteiger partial charge in [-0.1, -0.05) is 32.4 Å². The molecule has 1 aliphatic rings. The second-order valence-electron chi connectivity index (χ2n) is 5.94. The maximum Gasteiger partial charge on any atom is 0.253 e. The predicted octanol–water partition coefficient (Wildman–Crippen LogP) is 2.45. The lowest BCUT2D eigenvalue weighted by atomic mass is 9.90. The van der Waals surface area contributed by atoms with E-state index in [1.165, 1.54) is 5.56 Å². The lowest BCUT2D eigenvalue weighted by Crippen LogP contribution is -2.34. The summed E-state index contributed by atoms with van der Waals surface area (Å²) in [5, 5.41) is 0. The molecule has 1 aromatic rings. The molecule has 104 valence electrons. The highest BCUT2D eigenvalue weighted by molar-refractivity contribution is 5.94. The highest BCUT2D eigenvalue weighted by Crippen LogP contribution is 2.29. The fraction of sp³-hybridized carbons (Fsp3) is 0.562. The van der Waals surface area contributed by atoms with E-state index in [0.29, 0.717) is 6.54 Å². The van der Waals surface area contributed by atoms with Crippen LogP contribution in [0.3, 0.4) is 0 Å². The van der Waals surface area contributed by atoms with Crippen molar-refractivity contribution in [3.05, 3.63) is 35.4 Å². The Bertz CT molecular complexity index is 441. The molecule has 3 nitrogen and oxygen atoms in total. The minimum absolute atomic E-state index is 0.0951. The van der Waals surface area contributed by atoms with E-state index in [2.05, 4.69) is 26.0 Å². The van der Waals surface area contributed by atoms with Gasteiger partial charge in [0.1, 0.15) is 0 Å². The monoisotopic (exact) mass is 260 g/mol. The van der Waals surface area contributed by atoms with Gasteiger partial charge in [-0.15, -0.1) is 0 Å². The van der Waals surface area contributed by atoms with Gasteiger partial charge in [-0.05, 0) is 42.5 Å². The highest BCUT2D eigenvalue weighted by atomic mass is 16.2. The van der Waals surface area contributed by atoms with Crippen LogP contribution in [0.5, 0.6) is 0 Å². The summed E-state index contributed by atoms with van der Waals surface area (Å²) in [5.41, 5.74) is 7.97. The van der Waals surface area contributed by atoms with E-state index in [1.54, 1.807) is 0 Å². The van der Waals surface area contributed by atoms with E-state index in [-0.39, 0.29) is 11.3 Å². The van der Waals surface area contributed by atoms with Crippen LogP contribution >= 0.6 is 0 Å². The topological polar surface area (TPSA) is 46.3 Å². The molecule has 1 atom stereocenters. The van der Waals surface area contributed by atoms with E-state index in [0.717, 1.165) is 37.9 Å². The third-order valence-electron chi connectivity index (χ3n) is 4.08. The van der Waals surface area contributed by atoms with Crippen LogP contribution in [0.25, 0.3) is 0 Å². The van der Waals surface area contributed by atoms with Crippen LogP contribution in [0, 0.1) is 5.41 Å². The molecule has 1 amide bonds. The molecule has 1 saturated heterocycles. The molecule has 0 aromatic heterocycles. The molecular weight excluding hydrogens is 236 g/mol. The number of hydrogen-bond donors (Lipinski definition) is 1. The van der Waals surface area contributed by atoms with Crippen LogP contribution < -0.4 is 5.73 Å². The predicted molar refractivity (Wildman–Crippen MR) is 78.1 cm³/mol. The van der Waals surface area contributed by atoms with Crippen molar-refractivity contribution >= 4 is 5.91 Å². The fourth-order valence-electron chi connectivity index (χ4n) is 2.65. The van der Waals surface area contributed by atoms with Crippen molar-refractivity contribution in [1.82, 2.24) is 4.90 Å². The zero-order chi connectivity index (χ0) is 13.9. The molecule has 1 heterocycles. The van der Waals surface area contributed by atoms with Crippen molar-refractivity contribution in [3.63, 3.8) is 0 Å². The summed E-state index contributed by atoms with van der Waals surface area (Å²) in [6.45, 7) is 6.57. The number of amides is 1. The largest absolute Gasteiger partial charge is 0.338 e. The van der Waals surface area contributed by atoms with E-state index in [1.807, 2.05) is 17.0 Å². The summed E-state index contributed by atoms with van der Waals surface area (Å²) in [6, 6.07) is 8.03. The van der Waals surface area contributed by atoms with Gasteiger partial charge in [-0.3, -0.25) is 4.79 Å². The molecule has 0 aliphatic carbocycles. The number of nitrogens with zero attached hydrogens (tertiary/aromatic N) is 1. The molecule has 1 fully saturated rings. The molecule has 2 rings (SSSR count). The SMILES string of the molecule is CCCc1ccc(C(=O)N2CCC(C)(CN)C2)cc1. The van der Waals surface area contributed by atoms with Crippen LogP contribution in [0.1, 0.15) is 42.6 Å². The van der Waals surface area contributed by atoms with Crippen molar-refractivity contribution in [2.45, 2.75) is 33.1 Å². The van der Waals surface area contributed by atoms with Crippen molar-refractivity contribution in [3.8, 4) is 0 Å². The first kappa shape index (κ1) is 14.1. The molecule has 0 bridgehead atoms. The standard InChI is InChI=1S/C16H24N2O/c1-3-4-13-5-7-14(8-6-13)15(19)18-10-9-16(2,11-17)12-18/h5-8H,3-4,9-12,17H2,1-2H3. The summed E-state index contributed by atoms with van der Waals surface area (Å²) in [4.78, 5) is 14.3. The van der Waals surface area contributed by atoms with Crippen molar-refractivity contribution < 1.29 is 4.79 Å². The van der Waals surface area contributed by atoms with Gasteiger partial charge in [-0.2, -0.15) is 0 Å². The minimum Gasteiger partial charge on any atom is -0.338 e. The third-order valence-corrected chi connectivity index (χ3v) is 4.08. The number of nitrogens with two attached hydrogens (primary N) is 1. The van der Waals surface area contributed by atoms with Gasteiger partial charge in [0.15, 0.2) is 0 Å². The van der Waals surface area contributed by atoms with Crippen molar-refractivity contribution in [2.24, 2.45) is 11.1 Å². The van der Waals surface area contributed by atoms with Gasteiger partial charge < -0.3 is 10.6 Å². The molecule has 0 radical (unpaired) electrons. The number of carbonyl (C=O) groups excluding carboxylic acids is 1. The molecule has 1 aromatic carbocycles. The van der Waals surface area contributed by atoms with Gasteiger partial charge >= 0.3 is 0 Å². The molecule has 0 saturated carbocycles. The Labute approximate surface area is 115 Å². The Morgan fingerprint density at radius 1 is 1.37 bits per heavy atom. The molecule has 19 heavy (non-hydrogen) atoms. The number of carbonyl (C=O) groups is 1. The normalized spacial score (nSPS) is 22.8. The van der Waals surface area contributed by atoms with Gasteiger partial charge in [0.2, 0.25) is 0 Å². The van der Waals surface area contributed by atoms with E-state index >= 15 is 0 Å². The quantitative estimate of drug-likeness (QED) is 0.904. The Balaban J connectivity index is 2.04. The molecule has 0 spiro atoms. The molecule has 3 heteroatoms. The summed E-state index contributed by atoms with van der Waals surface area (Å²) >= 11 is 0. The summed E-state index contributed by atoms with van der Waals surface area (Å²) in [6.07, 6.45) is 3.21. The fourth-order valence-corrected chi connectivity index (χ4v) is 2.65. The zero-order valence-corrected chi connectivity index (χ0v) is 12.0. The lowest BCUT2D eigenvalue weighted by Gasteiger charge is -2.22. The van der Waals surface area contributed by atoms with Gasteiger partial charge in [0, 0.05) is 18.7 Å². The number of likely N-dealkylation sites (tertiary alicyclic amines) is 1. The lowest BCUT2D eigenvalue weighted by molar-refractivity contribution is 0.0777. The van der Waals surface area contributed by atoms with Crippen LogP contribution in [0.15, 0.2) is 24.3 Å². The number of rotatable bonds is 4. The van der Waals surface area contributed by atoms with Crippen LogP contribution in [-0.4, -0.2) is 30.4 Å². The first-order chi connectivity index (χ1) is 9.08. The zero-order valence-electron chi connectivity index (χ0n) is 12.0. The third kappa shape index (κ3) is 3.16. The van der Waals surface area contributed by atoms with Crippen LogP contribution in [0.2, 0.25) is 0 Å². The minimum atomic E-state index is 0.0951. The van der Waals surface area contributed by atoms with Gasteiger partial charge in [0.05, 0.1) is 0 Å². The maximum atomic E-state index is 12.4. The number of aryl methyl sites for hydroxylation is 1. The molecule has 2 N–H and O–H groups in total. The number of hydrogen-bond acceptors (Lipinski definition) is 2. The number of benzene rings is 1. The highest BCUT2D eigenvalue weighted by Gasteiger charge is 2.35. The Kier molecular flexibility index (Phi) is 4.25. The summed E-state index contributed by atoms with van der Waals surface area (Å²) in [5.74, 6) is 0.139. The Morgan fingerprint density at radius 2 is 2.05 bits per heavy atom. The van der Waals surface area contributed by atoms with Crippen LogP contribution in [0.4, 0.5) is 0 Å². The van der Waals surface area contributed by atoms with Gasteiger partial charge in [-0.25, -0.2) is 0 Å².